The van der Waals surface area contributed by atoms with Gasteiger partial charge in [0.25, 0.3) is 5.91 Å². The smallest absolute Gasteiger partial charge is 0.254 e. The Labute approximate surface area is 157 Å². The van der Waals surface area contributed by atoms with E-state index in [0.717, 1.165) is 24.8 Å². The highest BCUT2D eigenvalue weighted by Gasteiger charge is 2.22. The Kier molecular flexibility index (Phi) is 4.76. The van der Waals surface area contributed by atoms with Gasteiger partial charge < -0.3 is 5.32 Å². The predicted molar refractivity (Wildman–Crippen MR) is 102 cm³/mol. The van der Waals surface area contributed by atoms with Gasteiger partial charge in [-0.05, 0) is 42.0 Å². The Morgan fingerprint density at radius 2 is 2.00 bits per heavy atom. The maximum atomic E-state index is 12.7. The topological polar surface area (TPSA) is 46.9 Å². The van der Waals surface area contributed by atoms with Crippen molar-refractivity contribution < 1.29 is 4.79 Å². The van der Waals surface area contributed by atoms with E-state index in [-0.39, 0.29) is 11.9 Å². The number of fused-ring (bicyclic) bond motifs is 1. The quantitative estimate of drug-likeness (QED) is 0.745. The maximum absolute atomic E-state index is 12.7. The molecule has 1 heterocycles. The fourth-order valence-corrected chi connectivity index (χ4v) is 3.71. The monoisotopic (exact) mass is 365 g/mol. The van der Waals surface area contributed by atoms with Crippen molar-refractivity contribution >= 4 is 17.5 Å². The lowest BCUT2D eigenvalue weighted by atomic mass is 9.87. The summed E-state index contributed by atoms with van der Waals surface area (Å²) in [5.41, 5.74) is 4.11. The second-order valence-electron chi connectivity index (χ2n) is 6.64. The lowest BCUT2D eigenvalue weighted by Crippen LogP contribution is -2.30. The summed E-state index contributed by atoms with van der Waals surface area (Å²) >= 11 is 6.20. The molecule has 0 aliphatic heterocycles. The fraction of sp³-hybridized carbons (Fsp3) is 0.238. The van der Waals surface area contributed by atoms with Crippen LogP contribution in [-0.2, 0) is 13.0 Å². The van der Waals surface area contributed by atoms with Crippen molar-refractivity contribution in [2.45, 2.75) is 31.8 Å². The number of aryl methyl sites for hydroxylation is 1. The molecule has 1 amide bonds. The van der Waals surface area contributed by atoms with Gasteiger partial charge in [0.2, 0.25) is 0 Å². The highest BCUT2D eigenvalue weighted by molar-refractivity contribution is 6.31. The SMILES string of the molecule is O=C(NC1CCCc2ccccc21)c1cnn(Cc2ccccc2Cl)c1. The van der Waals surface area contributed by atoms with Gasteiger partial charge >= 0.3 is 0 Å². The number of benzene rings is 2. The van der Waals surface area contributed by atoms with Gasteiger partial charge in [0.1, 0.15) is 0 Å². The third kappa shape index (κ3) is 3.51. The zero-order valence-corrected chi connectivity index (χ0v) is 15.1. The van der Waals surface area contributed by atoms with Crippen LogP contribution in [0.3, 0.4) is 0 Å². The third-order valence-electron chi connectivity index (χ3n) is 4.86. The van der Waals surface area contributed by atoms with E-state index in [1.54, 1.807) is 17.1 Å². The molecule has 2 aromatic carbocycles. The summed E-state index contributed by atoms with van der Waals surface area (Å²) in [6, 6.07) is 16.1. The van der Waals surface area contributed by atoms with E-state index in [2.05, 4.69) is 28.6 Å². The van der Waals surface area contributed by atoms with Gasteiger partial charge in [-0.2, -0.15) is 5.10 Å². The molecule has 1 aliphatic carbocycles. The summed E-state index contributed by atoms with van der Waals surface area (Å²) in [7, 11) is 0. The van der Waals surface area contributed by atoms with Crippen molar-refractivity contribution in [3.8, 4) is 0 Å². The molecule has 1 N–H and O–H groups in total. The Hall–Kier alpha value is -2.59. The van der Waals surface area contributed by atoms with E-state index >= 15 is 0 Å². The molecule has 5 heteroatoms. The highest BCUT2D eigenvalue weighted by atomic mass is 35.5. The lowest BCUT2D eigenvalue weighted by molar-refractivity contribution is 0.0932. The van der Waals surface area contributed by atoms with Crippen LogP contribution in [0, 0.1) is 0 Å². The molecule has 26 heavy (non-hydrogen) atoms. The molecule has 1 unspecified atom stereocenters. The number of carbonyl (C=O) groups excluding carboxylic acids is 1. The number of hydrogen-bond donors (Lipinski definition) is 1. The van der Waals surface area contributed by atoms with Crippen LogP contribution in [0.2, 0.25) is 5.02 Å². The number of hydrogen-bond acceptors (Lipinski definition) is 2. The van der Waals surface area contributed by atoms with E-state index < -0.39 is 0 Å². The molecule has 4 rings (SSSR count). The molecule has 132 valence electrons. The van der Waals surface area contributed by atoms with E-state index in [1.165, 1.54) is 11.1 Å². The number of carbonyl (C=O) groups is 1. The second kappa shape index (κ2) is 7.34. The van der Waals surface area contributed by atoms with Crippen molar-refractivity contribution in [2.24, 2.45) is 0 Å². The normalized spacial score (nSPS) is 16.1. The van der Waals surface area contributed by atoms with Crippen molar-refractivity contribution in [1.29, 1.82) is 0 Å². The molecule has 0 saturated carbocycles. The Balaban J connectivity index is 1.47. The molecule has 1 aliphatic rings. The molecule has 0 radical (unpaired) electrons. The molecule has 3 aromatic rings. The molecule has 4 nitrogen and oxygen atoms in total. The molecule has 1 atom stereocenters. The van der Waals surface area contributed by atoms with Crippen molar-refractivity contribution in [1.82, 2.24) is 15.1 Å². The van der Waals surface area contributed by atoms with Gasteiger partial charge in [-0.1, -0.05) is 54.1 Å². The van der Waals surface area contributed by atoms with Crippen LogP contribution >= 0.6 is 11.6 Å². The van der Waals surface area contributed by atoms with Gasteiger partial charge in [-0.15, -0.1) is 0 Å². The molecular weight excluding hydrogens is 346 g/mol. The van der Waals surface area contributed by atoms with Gasteiger partial charge in [-0.3, -0.25) is 9.48 Å². The number of nitrogens with zero attached hydrogens (tertiary/aromatic N) is 2. The number of halogens is 1. The maximum Gasteiger partial charge on any atom is 0.254 e. The van der Waals surface area contributed by atoms with Crippen molar-refractivity contribution in [2.75, 3.05) is 0 Å². The number of aromatic nitrogens is 2. The first kappa shape index (κ1) is 16.9. The summed E-state index contributed by atoms with van der Waals surface area (Å²) in [5, 5.41) is 8.17. The van der Waals surface area contributed by atoms with E-state index in [4.69, 9.17) is 11.6 Å². The van der Waals surface area contributed by atoms with Crippen LogP contribution < -0.4 is 5.32 Å². The molecule has 0 saturated heterocycles. The van der Waals surface area contributed by atoms with Gasteiger partial charge in [0, 0.05) is 11.2 Å². The second-order valence-corrected chi connectivity index (χ2v) is 7.04. The number of amides is 1. The molecule has 0 bridgehead atoms. The first-order valence-electron chi connectivity index (χ1n) is 8.85. The largest absolute Gasteiger partial charge is 0.345 e. The minimum Gasteiger partial charge on any atom is -0.345 e. The van der Waals surface area contributed by atoms with Crippen LogP contribution in [0.25, 0.3) is 0 Å². The fourth-order valence-electron chi connectivity index (χ4n) is 3.51. The minimum absolute atomic E-state index is 0.0689. The summed E-state index contributed by atoms with van der Waals surface area (Å²) < 4.78 is 1.74. The Bertz CT molecular complexity index is 934. The first-order chi connectivity index (χ1) is 12.7. The van der Waals surface area contributed by atoms with Gasteiger partial charge in [0.05, 0.1) is 24.3 Å². The Morgan fingerprint density at radius 1 is 1.19 bits per heavy atom. The zero-order valence-electron chi connectivity index (χ0n) is 14.4. The van der Waals surface area contributed by atoms with Crippen LogP contribution in [0.4, 0.5) is 0 Å². The van der Waals surface area contributed by atoms with Crippen molar-refractivity contribution in [3.63, 3.8) is 0 Å². The summed E-state index contributed by atoms with van der Waals surface area (Å²) in [6.07, 6.45) is 6.52. The number of rotatable bonds is 4. The summed E-state index contributed by atoms with van der Waals surface area (Å²) in [5.74, 6) is -0.0860. The molecule has 1 aromatic heterocycles. The standard InChI is InChI=1S/C21H20ClN3O/c22-19-10-4-2-7-16(19)13-25-14-17(12-23-25)21(26)24-20-11-5-8-15-6-1-3-9-18(15)20/h1-4,6-7,9-10,12,14,20H,5,8,11,13H2,(H,24,26). The van der Waals surface area contributed by atoms with E-state index in [1.807, 2.05) is 30.3 Å². The van der Waals surface area contributed by atoms with Gasteiger partial charge in [0.15, 0.2) is 0 Å². The average molecular weight is 366 g/mol. The molecule has 0 spiro atoms. The number of nitrogens with one attached hydrogen (secondary N) is 1. The minimum atomic E-state index is -0.0860. The van der Waals surface area contributed by atoms with E-state index in [0.29, 0.717) is 17.1 Å². The molecular formula is C21H20ClN3O. The Morgan fingerprint density at radius 3 is 2.88 bits per heavy atom. The van der Waals surface area contributed by atoms with Gasteiger partial charge in [-0.25, -0.2) is 0 Å². The average Bonchev–Trinajstić information content (AvgIpc) is 3.13. The lowest BCUT2D eigenvalue weighted by Gasteiger charge is -2.26. The predicted octanol–water partition coefficient (Wildman–Crippen LogP) is 4.39. The summed E-state index contributed by atoms with van der Waals surface area (Å²) in [4.78, 5) is 12.7. The highest BCUT2D eigenvalue weighted by Crippen LogP contribution is 2.29. The molecule has 0 fully saturated rings. The third-order valence-corrected chi connectivity index (χ3v) is 5.23. The zero-order chi connectivity index (χ0) is 17.9. The van der Waals surface area contributed by atoms with E-state index in [9.17, 15) is 4.79 Å². The first-order valence-corrected chi connectivity index (χ1v) is 9.23. The van der Waals surface area contributed by atoms with Crippen LogP contribution in [0.5, 0.6) is 0 Å². The van der Waals surface area contributed by atoms with Crippen LogP contribution in [-0.4, -0.2) is 15.7 Å². The summed E-state index contributed by atoms with van der Waals surface area (Å²) in [6.45, 7) is 0.541. The van der Waals surface area contributed by atoms with Crippen LogP contribution in [0.15, 0.2) is 60.9 Å². The van der Waals surface area contributed by atoms with Crippen LogP contribution in [0.1, 0.15) is 45.9 Å². The van der Waals surface area contributed by atoms with Crippen molar-refractivity contribution in [3.05, 3.63) is 88.2 Å².